The Morgan fingerprint density at radius 2 is 1.74 bits per heavy atom. The van der Waals surface area contributed by atoms with E-state index in [9.17, 15) is 0 Å². The van der Waals surface area contributed by atoms with Crippen molar-refractivity contribution < 1.29 is 0 Å². The lowest BCUT2D eigenvalue weighted by molar-refractivity contribution is 0.140. The summed E-state index contributed by atoms with van der Waals surface area (Å²) in [5.74, 6) is 0. The Labute approximate surface area is 140 Å². The van der Waals surface area contributed by atoms with Crippen LogP contribution in [0.25, 0.3) is 0 Å². The monoisotopic (exact) mass is 309 g/mol. The molecule has 3 heteroatoms. The second kappa shape index (κ2) is 7.71. The van der Waals surface area contributed by atoms with Gasteiger partial charge in [0.05, 0.1) is 0 Å². The predicted octanol–water partition coefficient (Wildman–Crippen LogP) is 3.87. The topological polar surface area (TPSA) is 19.4 Å². The molecule has 3 rings (SSSR count). The Balaban J connectivity index is 1.73. The molecule has 1 aliphatic rings. The molecule has 0 unspecified atom stereocenters. The third-order valence-electron chi connectivity index (χ3n) is 4.61. The van der Waals surface area contributed by atoms with Gasteiger partial charge in [0.1, 0.15) is 0 Å². The average Bonchev–Trinajstić information content (AvgIpc) is 2.57. The van der Waals surface area contributed by atoms with Crippen molar-refractivity contribution in [1.82, 2.24) is 14.8 Å². The molecule has 0 amide bonds. The van der Waals surface area contributed by atoms with Gasteiger partial charge in [0, 0.05) is 31.5 Å². The molecule has 23 heavy (non-hydrogen) atoms. The molecule has 3 nitrogen and oxygen atoms in total. The maximum absolute atomic E-state index is 4.13. The van der Waals surface area contributed by atoms with Crippen molar-refractivity contribution in [2.24, 2.45) is 0 Å². The molecule has 1 aliphatic heterocycles. The minimum atomic E-state index is 0.547. The molecular weight excluding hydrogens is 282 g/mol. The summed E-state index contributed by atoms with van der Waals surface area (Å²) in [6.07, 6.45) is 7.68. The zero-order chi connectivity index (χ0) is 16.1. The molecule has 2 heterocycles. The van der Waals surface area contributed by atoms with Crippen molar-refractivity contribution >= 4 is 0 Å². The van der Waals surface area contributed by atoms with E-state index in [0.717, 1.165) is 13.1 Å². The van der Waals surface area contributed by atoms with E-state index >= 15 is 0 Å². The van der Waals surface area contributed by atoms with E-state index in [1.54, 1.807) is 0 Å². The van der Waals surface area contributed by atoms with Crippen LogP contribution >= 0.6 is 0 Å². The largest absolute Gasteiger partial charge is 0.305 e. The van der Waals surface area contributed by atoms with Crippen LogP contribution in [0.1, 0.15) is 42.0 Å². The number of hydrogen-bond acceptors (Lipinski definition) is 3. The molecule has 1 aromatic heterocycles. The highest BCUT2D eigenvalue weighted by molar-refractivity contribution is 5.26. The first-order valence-corrected chi connectivity index (χ1v) is 8.59. The summed E-state index contributed by atoms with van der Waals surface area (Å²) in [5, 5.41) is 0. The lowest BCUT2D eigenvalue weighted by atomic mass is 9.94. The number of rotatable bonds is 5. The van der Waals surface area contributed by atoms with Crippen molar-refractivity contribution in [1.29, 1.82) is 0 Å². The van der Waals surface area contributed by atoms with E-state index < -0.39 is 0 Å². The van der Waals surface area contributed by atoms with Gasteiger partial charge in [-0.05, 0) is 62.3 Å². The van der Waals surface area contributed by atoms with Crippen molar-refractivity contribution in [2.45, 2.75) is 38.4 Å². The summed E-state index contributed by atoms with van der Waals surface area (Å²) >= 11 is 0. The Kier molecular flexibility index (Phi) is 5.42. The molecular formula is C20H27N3. The van der Waals surface area contributed by atoms with Gasteiger partial charge in [0.25, 0.3) is 0 Å². The van der Waals surface area contributed by atoms with E-state index in [2.05, 4.69) is 65.3 Å². The van der Waals surface area contributed by atoms with Crippen LogP contribution in [-0.2, 0) is 13.1 Å². The van der Waals surface area contributed by atoms with Crippen LogP contribution in [0.4, 0.5) is 0 Å². The minimum Gasteiger partial charge on any atom is -0.305 e. The van der Waals surface area contributed by atoms with Crippen molar-refractivity contribution in [3.8, 4) is 0 Å². The molecule has 0 radical (unpaired) electrons. The molecule has 1 atom stereocenters. The molecule has 1 aromatic carbocycles. The Morgan fingerprint density at radius 3 is 2.43 bits per heavy atom. The molecule has 0 saturated carbocycles. The summed E-state index contributed by atoms with van der Waals surface area (Å²) in [6, 6.07) is 14.0. The van der Waals surface area contributed by atoms with Crippen LogP contribution in [0.5, 0.6) is 0 Å². The highest BCUT2D eigenvalue weighted by Gasteiger charge is 2.23. The van der Waals surface area contributed by atoms with Crippen LogP contribution in [0.3, 0.4) is 0 Å². The number of aromatic nitrogens is 1. The number of benzene rings is 1. The fraction of sp³-hybridized carbons (Fsp3) is 0.450. The van der Waals surface area contributed by atoms with Crippen molar-refractivity contribution in [2.75, 3.05) is 20.6 Å². The quantitative estimate of drug-likeness (QED) is 0.836. The van der Waals surface area contributed by atoms with Gasteiger partial charge in [-0.15, -0.1) is 0 Å². The summed E-state index contributed by atoms with van der Waals surface area (Å²) in [6.45, 7) is 3.21. The lowest BCUT2D eigenvalue weighted by Gasteiger charge is -2.36. The van der Waals surface area contributed by atoms with Crippen molar-refractivity contribution in [3.05, 3.63) is 65.5 Å². The summed E-state index contributed by atoms with van der Waals surface area (Å²) in [4.78, 5) is 8.96. The second-order valence-electron chi connectivity index (χ2n) is 6.82. The smallest absolute Gasteiger partial charge is 0.0351 e. The van der Waals surface area contributed by atoms with Gasteiger partial charge in [-0.2, -0.15) is 0 Å². The summed E-state index contributed by atoms with van der Waals surface area (Å²) in [7, 11) is 4.23. The first-order chi connectivity index (χ1) is 11.2. The van der Waals surface area contributed by atoms with Crippen molar-refractivity contribution in [3.63, 3.8) is 0 Å². The minimum absolute atomic E-state index is 0.547. The van der Waals surface area contributed by atoms with Gasteiger partial charge < -0.3 is 4.90 Å². The SMILES string of the molecule is CN(C)Cc1ccc([C@@H]2CCCCN2Cc2ccncc2)cc1. The molecule has 1 fully saturated rings. The van der Waals surface area contributed by atoms with Gasteiger partial charge in [-0.3, -0.25) is 9.88 Å². The van der Waals surface area contributed by atoms with E-state index in [-0.39, 0.29) is 0 Å². The fourth-order valence-corrected chi connectivity index (χ4v) is 3.49. The normalized spacial score (nSPS) is 19.2. The standard InChI is InChI=1S/C20H27N3/c1-22(2)15-17-6-8-19(9-7-17)20-5-3-4-14-23(20)16-18-10-12-21-13-11-18/h6-13,20H,3-5,14-16H2,1-2H3/t20-/m0/s1. The van der Waals surface area contributed by atoms with Gasteiger partial charge in [0.15, 0.2) is 0 Å². The van der Waals surface area contributed by atoms with Gasteiger partial charge in [0.2, 0.25) is 0 Å². The fourth-order valence-electron chi connectivity index (χ4n) is 3.49. The van der Waals surface area contributed by atoms with E-state index in [1.807, 2.05) is 12.4 Å². The van der Waals surface area contributed by atoms with E-state index in [0.29, 0.717) is 6.04 Å². The first-order valence-electron chi connectivity index (χ1n) is 8.59. The average molecular weight is 309 g/mol. The molecule has 2 aromatic rings. The highest BCUT2D eigenvalue weighted by Crippen LogP contribution is 2.32. The number of piperidine rings is 1. The Hall–Kier alpha value is -1.71. The number of likely N-dealkylation sites (tertiary alicyclic amines) is 1. The van der Waals surface area contributed by atoms with Crippen LogP contribution in [-0.4, -0.2) is 35.4 Å². The van der Waals surface area contributed by atoms with Crippen LogP contribution in [0.2, 0.25) is 0 Å². The first kappa shape index (κ1) is 16.2. The third kappa shape index (κ3) is 4.40. The summed E-state index contributed by atoms with van der Waals surface area (Å²) in [5.41, 5.74) is 4.20. The molecule has 0 bridgehead atoms. The zero-order valence-electron chi connectivity index (χ0n) is 14.3. The lowest BCUT2D eigenvalue weighted by Crippen LogP contribution is -2.32. The second-order valence-corrected chi connectivity index (χ2v) is 6.82. The molecule has 0 N–H and O–H groups in total. The molecule has 0 aliphatic carbocycles. The maximum atomic E-state index is 4.13. The van der Waals surface area contributed by atoms with E-state index in [1.165, 1.54) is 42.5 Å². The molecule has 0 spiro atoms. The Morgan fingerprint density at radius 1 is 1.00 bits per heavy atom. The van der Waals surface area contributed by atoms with Gasteiger partial charge in [-0.25, -0.2) is 0 Å². The Bertz CT molecular complexity index is 592. The highest BCUT2D eigenvalue weighted by atomic mass is 15.2. The number of nitrogens with zero attached hydrogens (tertiary/aromatic N) is 3. The van der Waals surface area contributed by atoms with Gasteiger partial charge >= 0.3 is 0 Å². The number of hydrogen-bond donors (Lipinski definition) is 0. The molecule has 122 valence electrons. The van der Waals surface area contributed by atoms with Gasteiger partial charge in [-0.1, -0.05) is 30.7 Å². The predicted molar refractivity (Wildman–Crippen MR) is 95.1 cm³/mol. The van der Waals surface area contributed by atoms with E-state index in [4.69, 9.17) is 0 Å². The number of pyridine rings is 1. The maximum Gasteiger partial charge on any atom is 0.0351 e. The third-order valence-corrected chi connectivity index (χ3v) is 4.61. The van der Waals surface area contributed by atoms with Crippen LogP contribution in [0.15, 0.2) is 48.8 Å². The van der Waals surface area contributed by atoms with Crippen LogP contribution < -0.4 is 0 Å². The molecule has 1 saturated heterocycles. The zero-order valence-corrected chi connectivity index (χ0v) is 14.3. The summed E-state index contributed by atoms with van der Waals surface area (Å²) < 4.78 is 0. The van der Waals surface area contributed by atoms with Crippen LogP contribution in [0, 0.1) is 0 Å².